The topological polar surface area (TPSA) is 3.24 Å². The number of halogens is 2. The SMILES string of the molecule is Fc1ccc(CN2CCCSCC2)cc1F. The van der Waals surface area contributed by atoms with Crippen LogP contribution in [0, 0.1) is 11.6 Å². The fraction of sp³-hybridized carbons (Fsp3) is 0.500. The Morgan fingerprint density at radius 1 is 1.12 bits per heavy atom. The van der Waals surface area contributed by atoms with Gasteiger partial charge in [-0.1, -0.05) is 6.07 Å². The van der Waals surface area contributed by atoms with E-state index in [0.717, 1.165) is 31.0 Å². The molecule has 1 fully saturated rings. The van der Waals surface area contributed by atoms with E-state index in [9.17, 15) is 8.78 Å². The van der Waals surface area contributed by atoms with Crippen LogP contribution >= 0.6 is 11.8 Å². The Bertz CT molecular complexity index is 349. The Hall–Kier alpha value is -0.610. The molecule has 0 amide bonds. The van der Waals surface area contributed by atoms with Crippen LogP contribution in [0.1, 0.15) is 12.0 Å². The zero-order valence-corrected chi connectivity index (χ0v) is 9.90. The molecular formula is C12H15F2NS. The predicted octanol–water partition coefficient (Wildman–Crippen LogP) is 2.90. The van der Waals surface area contributed by atoms with Gasteiger partial charge in [-0.2, -0.15) is 11.8 Å². The van der Waals surface area contributed by atoms with E-state index in [-0.39, 0.29) is 0 Å². The van der Waals surface area contributed by atoms with Crippen molar-refractivity contribution in [3.8, 4) is 0 Å². The lowest BCUT2D eigenvalue weighted by Crippen LogP contribution is -2.25. The molecule has 1 saturated heterocycles. The summed E-state index contributed by atoms with van der Waals surface area (Å²) in [5.74, 6) is 0.815. The molecule has 88 valence electrons. The summed E-state index contributed by atoms with van der Waals surface area (Å²) in [5, 5.41) is 0. The molecule has 0 unspecified atom stereocenters. The lowest BCUT2D eigenvalue weighted by Gasteiger charge is -2.19. The lowest BCUT2D eigenvalue weighted by atomic mass is 10.2. The van der Waals surface area contributed by atoms with Crippen molar-refractivity contribution in [3.63, 3.8) is 0 Å². The monoisotopic (exact) mass is 243 g/mol. The lowest BCUT2D eigenvalue weighted by molar-refractivity contribution is 0.287. The Morgan fingerprint density at radius 3 is 2.81 bits per heavy atom. The Morgan fingerprint density at radius 2 is 2.00 bits per heavy atom. The third-order valence-corrected chi connectivity index (χ3v) is 3.75. The number of hydrogen-bond donors (Lipinski definition) is 0. The quantitative estimate of drug-likeness (QED) is 0.785. The Labute approximate surface area is 98.8 Å². The normalized spacial score (nSPS) is 18.4. The second kappa shape index (κ2) is 5.64. The van der Waals surface area contributed by atoms with Gasteiger partial charge in [0, 0.05) is 18.8 Å². The minimum atomic E-state index is -0.768. The molecule has 1 aliphatic rings. The van der Waals surface area contributed by atoms with E-state index in [2.05, 4.69) is 4.90 Å². The third-order valence-electron chi connectivity index (χ3n) is 2.71. The first-order valence-corrected chi connectivity index (χ1v) is 6.65. The summed E-state index contributed by atoms with van der Waals surface area (Å²) in [6.45, 7) is 2.80. The van der Waals surface area contributed by atoms with Crippen molar-refractivity contribution in [2.45, 2.75) is 13.0 Å². The highest BCUT2D eigenvalue weighted by Gasteiger charge is 2.10. The number of hydrogen-bond acceptors (Lipinski definition) is 2. The van der Waals surface area contributed by atoms with Gasteiger partial charge in [-0.25, -0.2) is 8.78 Å². The van der Waals surface area contributed by atoms with Gasteiger partial charge in [0.15, 0.2) is 11.6 Å². The average Bonchev–Trinajstić information content (AvgIpc) is 2.52. The molecule has 0 aromatic heterocycles. The van der Waals surface area contributed by atoms with E-state index in [1.807, 2.05) is 11.8 Å². The highest BCUT2D eigenvalue weighted by molar-refractivity contribution is 7.99. The molecule has 0 atom stereocenters. The van der Waals surface area contributed by atoms with Crippen molar-refractivity contribution in [2.75, 3.05) is 24.6 Å². The molecule has 1 nitrogen and oxygen atoms in total. The van der Waals surface area contributed by atoms with Crippen molar-refractivity contribution in [1.82, 2.24) is 4.90 Å². The average molecular weight is 243 g/mol. The molecule has 1 aromatic carbocycles. The van der Waals surface area contributed by atoms with Crippen molar-refractivity contribution in [3.05, 3.63) is 35.4 Å². The van der Waals surface area contributed by atoms with Crippen LogP contribution in [0.5, 0.6) is 0 Å². The maximum absolute atomic E-state index is 13.0. The van der Waals surface area contributed by atoms with Gasteiger partial charge in [0.1, 0.15) is 0 Å². The zero-order chi connectivity index (χ0) is 11.4. The van der Waals surface area contributed by atoms with Gasteiger partial charge in [0.2, 0.25) is 0 Å². The van der Waals surface area contributed by atoms with E-state index in [0.29, 0.717) is 0 Å². The molecular weight excluding hydrogens is 228 g/mol. The molecule has 0 aliphatic carbocycles. The van der Waals surface area contributed by atoms with Crippen molar-refractivity contribution in [1.29, 1.82) is 0 Å². The summed E-state index contributed by atoms with van der Waals surface area (Å²) in [4.78, 5) is 2.30. The molecule has 4 heteroatoms. The van der Waals surface area contributed by atoms with Gasteiger partial charge in [-0.3, -0.25) is 4.90 Å². The number of benzene rings is 1. The van der Waals surface area contributed by atoms with E-state index in [4.69, 9.17) is 0 Å². The van der Waals surface area contributed by atoms with Crippen LogP contribution in [0.25, 0.3) is 0 Å². The first kappa shape index (κ1) is 11.9. The van der Waals surface area contributed by atoms with Gasteiger partial charge in [0.25, 0.3) is 0 Å². The minimum absolute atomic E-state index is 0.720. The Balaban J connectivity index is 1.99. The summed E-state index contributed by atoms with van der Waals surface area (Å²) in [6.07, 6.45) is 1.17. The van der Waals surface area contributed by atoms with E-state index in [1.54, 1.807) is 6.07 Å². The summed E-state index contributed by atoms with van der Waals surface area (Å²) < 4.78 is 25.8. The molecule has 1 aliphatic heterocycles. The highest BCUT2D eigenvalue weighted by Crippen LogP contribution is 2.15. The van der Waals surface area contributed by atoms with E-state index >= 15 is 0 Å². The zero-order valence-electron chi connectivity index (χ0n) is 9.09. The summed E-state index contributed by atoms with van der Waals surface area (Å²) >= 11 is 1.96. The van der Waals surface area contributed by atoms with Gasteiger partial charge in [-0.15, -0.1) is 0 Å². The van der Waals surface area contributed by atoms with Crippen LogP contribution in [0.2, 0.25) is 0 Å². The second-order valence-corrected chi connectivity index (χ2v) is 5.22. The molecule has 0 bridgehead atoms. The highest BCUT2D eigenvalue weighted by atomic mass is 32.2. The maximum Gasteiger partial charge on any atom is 0.159 e. The third kappa shape index (κ3) is 3.19. The van der Waals surface area contributed by atoms with Gasteiger partial charge in [-0.05, 0) is 36.4 Å². The van der Waals surface area contributed by atoms with Crippen LogP contribution in [0.15, 0.2) is 18.2 Å². The van der Waals surface area contributed by atoms with Gasteiger partial charge < -0.3 is 0 Å². The van der Waals surface area contributed by atoms with E-state index < -0.39 is 11.6 Å². The molecule has 0 radical (unpaired) electrons. The van der Waals surface area contributed by atoms with Gasteiger partial charge in [0.05, 0.1) is 0 Å². The van der Waals surface area contributed by atoms with Crippen molar-refractivity contribution in [2.24, 2.45) is 0 Å². The number of rotatable bonds is 2. The standard InChI is InChI=1S/C12H15F2NS/c13-11-3-2-10(8-12(11)14)9-15-4-1-6-16-7-5-15/h2-3,8H,1,4-7,9H2. The molecule has 0 spiro atoms. The maximum atomic E-state index is 13.0. The van der Waals surface area contributed by atoms with Crippen LogP contribution < -0.4 is 0 Å². The largest absolute Gasteiger partial charge is 0.298 e. The number of nitrogens with zero attached hydrogens (tertiary/aromatic N) is 1. The van der Waals surface area contributed by atoms with Crippen LogP contribution in [-0.4, -0.2) is 29.5 Å². The molecule has 0 N–H and O–H groups in total. The summed E-state index contributed by atoms with van der Waals surface area (Å²) in [5.41, 5.74) is 0.853. The van der Waals surface area contributed by atoms with E-state index in [1.165, 1.54) is 24.3 Å². The van der Waals surface area contributed by atoms with Crippen LogP contribution in [-0.2, 0) is 6.54 Å². The molecule has 2 rings (SSSR count). The molecule has 1 heterocycles. The predicted molar refractivity (Wildman–Crippen MR) is 63.6 cm³/mol. The first-order valence-electron chi connectivity index (χ1n) is 5.50. The number of thioether (sulfide) groups is 1. The second-order valence-electron chi connectivity index (χ2n) is 3.99. The smallest absolute Gasteiger partial charge is 0.159 e. The van der Waals surface area contributed by atoms with Crippen molar-refractivity contribution < 1.29 is 8.78 Å². The molecule has 1 aromatic rings. The summed E-state index contributed by atoms with van der Waals surface area (Å²) in [6, 6.07) is 4.17. The molecule has 0 saturated carbocycles. The fourth-order valence-corrected chi connectivity index (χ4v) is 2.78. The summed E-state index contributed by atoms with van der Waals surface area (Å²) in [7, 11) is 0. The minimum Gasteiger partial charge on any atom is -0.298 e. The van der Waals surface area contributed by atoms with Gasteiger partial charge >= 0.3 is 0 Å². The van der Waals surface area contributed by atoms with Crippen molar-refractivity contribution >= 4 is 11.8 Å². The first-order chi connectivity index (χ1) is 7.75. The molecule has 16 heavy (non-hydrogen) atoms. The van der Waals surface area contributed by atoms with Crippen LogP contribution in [0.3, 0.4) is 0 Å². The fourth-order valence-electron chi connectivity index (χ4n) is 1.85. The van der Waals surface area contributed by atoms with Crippen LogP contribution in [0.4, 0.5) is 8.78 Å². The Kier molecular flexibility index (Phi) is 4.18.